The van der Waals surface area contributed by atoms with Crippen molar-refractivity contribution in [1.82, 2.24) is 5.32 Å². The van der Waals surface area contributed by atoms with Crippen molar-refractivity contribution in [3.05, 3.63) is 29.8 Å². The molecule has 1 aromatic carbocycles. The Labute approximate surface area is 119 Å². The van der Waals surface area contributed by atoms with E-state index in [4.69, 9.17) is 0 Å². The van der Waals surface area contributed by atoms with Gasteiger partial charge in [0.15, 0.2) is 0 Å². The number of hydrogen-bond donors (Lipinski definition) is 1. The Kier molecular flexibility index (Phi) is 5.73. The van der Waals surface area contributed by atoms with Gasteiger partial charge in [0.25, 0.3) is 0 Å². The average molecular weight is 282 g/mol. The van der Waals surface area contributed by atoms with E-state index >= 15 is 0 Å². The molecule has 0 aromatic heterocycles. The van der Waals surface area contributed by atoms with E-state index in [0.29, 0.717) is 0 Å². The second kappa shape index (κ2) is 7.31. The minimum absolute atomic E-state index is 0.787. The second-order valence-corrected chi connectivity index (χ2v) is 7.28. The van der Waals surface area contributed by atoms with Crippen molar-refractivity contribution in [1.29, 1.82) is 0 Å². The molecule has 0 saturated carbocycles. The van der Waals surface area contributed by atoms with Crippen LogP contribution >= 0.6 is 23.5 Å². The second-order valence-electron chi connectivity index (χ2n) is 4.72. The normalized spacial score (nSPS) is 19.8. The Morgan fingerprint density at radius 1 is 1.28 bits per heavy atom. The van der Waals surface area contributed by atoms with Crippen LogP contribution in [0.3, 0.4) is 0 Å². The average Bonchev–Trinajstić information content (AvgIpc) is 2.40. The minimum atomic E-state index is 0.787. The van der Waals surface area contributed by atoms with E-state index in [2.05, 4.69) is 72.1 Å². The fraction of sp³-hybridized carbons (Fsp3) is 0.571. The molecule has 2 rings (SSSR count). The van der Waals surface area contributed by atoms with Gasteiger partial charge in [-0.3, -0.25) is 0 Å². The molecule has 4 heteroatoms. The van der Waals surface area contributed by atoms with Gasteiger partial charge in [-0.25, -0.2) is 0 Å². The van der Waals surface area contributed by atoms with Gasteiger partial charge in [-0.2, -0.15) is 23.5 Å². The van der Waals surface area contributed by atoms with Gasteiger partial charge in [0.05, 0.1) is 0 Å². The molecule has 1 saturated heterocycles. The van der Waals surface area contributed by atoms with Crippen LogP contribution in [-0.2, 0) is 6.54 Å². The van der Waals surface area contributed by atoms with Gasteiger partial charge >= 0.3 is 0 Å². The highest BCUT2D eigenvalue weighted by atomic mass is 32.2. The maximum absolute atomic E-state index is 3.61. The van der Waals surface area contributed by atoms with Crippen molar-refractivity contribution < 1.29 is 0 Å². The number of benzene rings is 1. The number of thioether (sulfide) groups is 2. The highest BCUT2D eigenvalue weighted by Crippen LogP contribution is 2.23. The number of para-hydroxylation sites is 1. The summed E-state index contributed by atoms with van der Waals surface area (Å²) in [4.78, 5) is 2.18. The Balaban J connectivity index is 1.82. The summed E-state index contributed by atoms with van der Waals surface area (Å²) in [5.41, 5.74) is 2.70. The molecule has 1 aliphatic rings. The van der Waals surface area contributed by atoms with Gasteiger partial charge in [0, 0.05) is 55.4 Å². The predicted molar refractivity (Wildman–Crippen MR) is 86.0 cm³/mol. The lowest BCUT2D eigenvalue weighted by molar-refractivity contribution is 0.685. The number of nitrogens with one attached hydrogen (secondary N) is 1. The summed E-state index contributed by atoms with van der Waals surface area (Å²) in [6.07, 6.45) is 0. The van der Waals surface area contributed by atoms with Crippen LogP contribution in [0.15, 0.2) is 24.3 Å². The summed E-state index contributed by atoms with van der Waals surface area (Å²) < 4.78 is 0. The summed E-state index contributed by atoms with van der Waals surface area (Å²) in [7, 11) is 4.21. The third-order valence-electron chi connectivity index (χ3n) is 3.05. The molecule has 2 nitrogen and oxygen atoms in total. The van der Waals surface area contributed by atoms with E-state index in [0.717, 1.165) is 18.3 Å². The summed E-state index contributed by atoms with van der Waals surface area (Å²) in [6, 6.07) is 8.62. The molecule has 1 atom stereocenters. The summed E-state index contributed by atoms with van der Waals surface area (Å²) in [6.45, 7) is 2.09. The molecule has 1 aliphatic heterocycles. The first-order valence-electron chi connectivity index (χ1n) is 6.42. The number of nitrogens with zero attached hydrogens (tertiary/aromatic N) is 1. The van der Waals surface area contributed by atoms with Crippen LogP contribution in [-0.4, -0.2) is 43.1 Å². The van der Waals surface area contributed by atoms with Gasteiger partial charge in [-0.15, -0.1) is 0 Å². The fourth-order valence-corrected chi connectivity index (χ4v) is 4.77. The molecule has 1 fully saturated rings. The fourth-order valence-electron chi connectivity index (χ4n) is 2.12. The lowest BCUT2D eigenvalue weighted by Crippen LogP contribution is -2.29. The van der Waals surface area contributed by atoms with E-state index in [1.54, 1.807) is 0 Å². The predicted octanol–water partition coefficient (Wildman–Crippen LogP) is 2.69. The van der Waals surface area contributed by atoms with Crippen LogP contribution in [0, 0.1) is 0 Å². The summed E-state index contributed by atoms with van der Waals surface area (Å²) in [5.74, 6) is 3.93. The minimum Gasteiger partial charge on any atom is -0.377 e. The van der Waals surface area contributed by atoms with Crippen molar-refractivity contribution in [2.24, 2.45) is 0 Å². The third kappa shape index (κ3) is 4.11. The molecule has 0 radical (unpaired) electrons. The zero-order valence-electron chi connectivity index (χ0n) is 11.2. The highest BCUT2D eigenvalue weighted by Gasteiger charge is 2.13. The molecule has 100 valence electrons. The number of rotatable bonds is 5. The van der Waals surface area contributed by atoms with E-state index in [1.165, 1.54) is 28.5 Å². The van der Waals surface area contributed by atoms with Gasteiger partial charge < -0.3 is 10.2 Å². The van der Waals surface area contributed by atoms with Crippen LogP contribution in [0.5, 0.6) is 0 Å². The van der Waals surface area contributed by atoms with Crippen LogP contribution in [0.4, 0.5) is 5.69 Å². The molecular formula is C14H22N2S2. The standard InChI is InChI=1S/C14H22N2S2/c1-16(2)14-6-4-3-5-12(14)9-15-10-13-11-17-7-8-18-13/h3-6,13,15H,7-11H2,1-2H3. The molecule has 0 aliphatic carbocycles. The largest absolute Gasteiger partial charge is 0.377 e. The summed E-state index contributed by atoms with van der Waals surface area (Å²) >= 11 is 4.20. The number of anilines is 1. The molecule has 1 aromatic rings. The molecule has 0 amide bonds. The lowest BCUT2D eigenvalue weighted by Gasteiger charge is -2.22. The molecule has 1 N–H and O–H groups in total. The maximum Gasteiger partial charge on any atom is 0.0406 e. The molecule has 1 unspecified atom stereocenters. The van der Waals surface area contributed by atoms with Gasteiger partial charge in [-0.05, 0) is 11.6 Å². The Hall–Kier alpha value is -0.320. The first kappa shape index (κ1) is 14.1. The Morgan fingerprint density at radius 3 is 2.83 bits per heavy atom. The van der Waals surface area contributed by atoms with Crippen molar-refractivity contribution in [3.63, 3.8) is 0 Å². The first-order chi connectivity index (χ1) is 8.77. The van der Waals surface area contributed by atoms with Gasteiger partial charge in [0.2, 0.25) is 0 Å². The quantitative estimate of drug-likeness (QED) is 0.893. The molecule has 0 bridgehead atoms. The smallest absolute Gasteiger partial charge is 0.0406 e. The molecule has 1 heterocycles. The van der Waals surface area contributed by atoms with E-state index < -0.39 is 0 Å². The molecular weight excluding hydrogens is 260 g/mol. The lowest BCUT2D eigenvalue weighted by atomic mass is 10.1. The number of hydrogen-bond acceptors (Lipinski definition) is 4. The third-order valence-corrected chi connectivity index (χ3v) is 5.89. The Morgan fingerprint density at radius 2 is 2.11 bits per heavy atom. The van der Waals surface area contributed by atoms with Gasteiger partial charge in [-0.1, -0.05) is 18.2 Å². The van der Waals surface area contributed by atoms with E-state index in [1.807, 2.05) is 0 Å². The highest BCUT2D eigenvalue weighted by molar-refractivity contribution is 8.06. The van der Waals surface area contributed by atoms with Crippen LogP contribution in [0.1, 0.15) is 5.56 Å². The summed E-state index contributed by atoms with van der Waals surface area (Å²) in [5, 5.41) is 4.39. The molecule has 18 heavy (non-hydrogen) atoms. The Bertz CT molecular complexity index is 363. The van der Waals surface area contributed by atoms with Crippen molar-refractivity contribution in [2.45, 2.75) is 11.8 Å². The van der Waals surface area contributed by atoms with Gasteiger partial charge in [0.1, 0.15) is 0 Å². The monoisotopic (exact) mass is 282 g/mol. The zero-order valence-corrected chi connectivity index (χ0v) is 12.8. The zero-order chi connectivity index (χ0) is 12.8. The van der Waals surface area contributed by atoms with Crippen molar-refractivity contribution in [2.75, 3.05) is 42.8 Å². The topological polar surface area (TPSA) is 15.3 Å². The van der Waals surface area contributed by atoms with Crippen molar-refractivity contribution >= 4 is 29.2 Å². The van der Waals surface area contributed by atoms with E-state index in [9.17, 15) is 0 Å². The van der Waals surface area contributed by atoms with Crippen LogP contribution < -0.4 is 10.2 Å². The first-order valence-corrected chi connectivity index (χ1v) is 8.63. The van der Waals surface area contributed by atoms with Crippen LogP contribution in [0.25, 0.3) is 0 Å². The van der Waals surface area contributed by atoms with Crippen molar-refractivity contribution in [3.8, 4) is 0 Å². The van der Waals surface area contributed by atoms with E-state index in [-0.39, 0.29) is 0 Å². The van der Waals surface area contributed by atoms with Crippen LogP contribution in [0.2, 0.25) is 0 Å². The molecule has 0 spiro atoms. The maximum atomic E-state index is 3.61. The SMILES string of the molecule is CN(C)c1ccccc1CNCC1CSCCS1.